The van der Waals surface area contributed by atoms with Gasteiger partial charge < -0.3 is 15.4 Å². The van der Waals surface area contributed by atoms with Gasteiger partial charge in [-0.3, -0.25) is 0 Å². The molecule has 1 aromatic carbocycles. The van der Waals surface area contributed by atoms with Gasteiger partial charge in [-0.15, -0.1) is 0 Å². The molecule has 3 nitrogen and oxygen atoms in total. The lowest BCUT2D eigenvalue weighted by atomic mass is 10.1. The normalized spacial score (nSPS) is 10.4. The van der Waals surface area contributed by atoms with E-state index in [9.17, 15) is 5.11 Å². The number of hydrogen-bond acceptors (Lipinski definition) is 2. The molecular weight excluding hydrogens is 176 g/mol. The Morgan fingerprint density at radius 2 is 2.07 bits per heavy atom. The van der Waals surface area contributed by atoms with Crippen molar-refractivity contribution in [1.29, 1.82) is 0 Å². The molecule has 3 heteroatoms. The van der Waals surface area contributed by atoms with Gasteiger partial charge in [-0.05, 0) is 24.3 Å². The maximum Gasteiger partial charge on any atom is 0.126 e. The second-order valence-electron chi connectivity index (χ2n) is 3.28. The van der Waals surface area contributed by atoms with E-state index in [4.69, 9.17) is 5.73 Å². The minimum absolute atomic E-state index is 0.215. The third-order valence-electron chi connectivity index (χ3n) is 2.24. The van der Waals surface area contributed by atoms with Crippen LogP contribution >= 0.6 is 0 Å². The molecule has 0 amide bonds. The van der Waals surface area contributed by atoms with Crippen molar-refractivity contribution in [1.82, 2.24) is 4.57 Å². The summed E-state index contributed by atoms with van der Waals surface area (Å²) < 4.78 is 1.95. The molecule has 14 heavy (non-hydrogen) atoms. The van der Waals surface area contributed by atoms with Crippen LogP contribution in [0, 0.1) is 0 Å². The lowest BCUT2D eigenvalue weighted by Gasteiger charge is -2.06. The predicted octanol–water partition coefficient (Wildman–Crippen LogP) is 1.98. The summed E-state index contributed by atoms with van der Waals surface area (Å²) >= 11 is 0. The van der Waals surface area contributed by atoms with Crippen LogP contribution in [0.1, 0.15) is 0 Å². The quantitative estimate of drug-likeness (QED) is 0.672. The summed E-state index contributed by atoms with van der Waals surface area (Å²) in [5, 5.41) is 9.69. The molecule has 0 atom stereocenters. The fourth-order valence-electron chi connectivity index (χ4n) is 1.51. The molecule has 1 aromatic heterocycles. The van der Waals surface area contributed by atoms with Crippen LogP contribution < -0.4 is 5.73 Å². The summed E-state index contributed by atoms with van der Waals surface area (Å²) in [6.45, 7) is 0. The highest BCUT2D eigenvalue weighted by molar-refractivity contribution is 5.70. The van der Waals surface area contributed by atoms with E-state index in [2.05, 4.69) is 0 Å². The van der Waals surface area contributed by atoms with Crippen LogP contribution in [0.25, 0.3) is 11.3 Å². The molecule has 0 saturated heterocycles. The molecule has 0 saturated carbocycles. The molecule has 72 valence electrons. The van der Waals surface area contributed by atoms with Crippen molar-refractivity contribution in [3.63, 3.8) is 0 Å². The van der Waals surface area contributed by atoms with E-state index >= 15 is 0 Å². The van der Waals surface area contributed by atoms with Crippen molar-refractivity contribution < 1.29 is 5.11 Å². The molecule has 3 N–H and O–H groups in total. The van der Waals surface area contributed by atoms with Crippen LogP contribution in [-0.4, -0.2) is 9.67 Å². The van der Waals surface area contributed by atoms with E-state index < -0.39 is 0 Å². The van der Waals surface area contributed by atoms with E-state index in [1.807, 2.05) is 36.0 Å². The maximum absolute atomic E-state index is 9.69. The van der Waals surface area contributed by atoms with Crippen LogP contribution in [-0.2, 0) is 7.05 Å². The van der Waals surface area contributed by atoms with Crippen LogP contribution in [0.3, 0.4) is 0 Å². The van der Waals surface area contributed by atoms with E-state index in [0.29, 0.717) is 5.69 Å². The maximum atomic E-state index is 9.69. The molecular formula is C11H12N2O. The van der Waals surface area contributed by atoms with Crippen LogP contribution in [0.4, 0.5) is 5.69 Å². The SMILES string of the molecule is Cn1cccc1-c1ccc(N)cc1O. The topological polar surface area (TPSA) is 51.2 Å². The molecule has 0 fully saturated rings. The van der Waals surface area contributed by atoms with Crippen LogP contribution in [0.15, 0.2) is 36.5 Å². The first-order valence-corrected chi connectivity index (χ1v) is 4.38. The van der Waals surface area contributed by atoms with Gasteiger partial charge in [-0.25, -0.2) is 0 Å². The van der Waals surface area contributed by atoms with Gasteiger partial charge in [0.1, 0.15) is 5.75 Å². The first kappa shape index (κ1) is 8.69. The highest BCUT2D eigenvalue weighted by atomic mass is 16.3. The summed E-state index contributed by atoms with van der Waals surface area (Å²) in [5.74, 6) is 0.215. The third kappa shape index (κ3) is 1.33. The van der Waals surface area contributed by atoms with E-state index in [1.54, 1.807) is 12.1 Å². The number of phenolic OH excluding ortho intramolecular Hbond substituents is 1. The smallest absolute Gasteiger partial charge is 0.126 e. The van der Waals surface area contributed by atoms with Gasteiger partial charge >= 0.3 is 0 Å². The zero-order chi connectivity index (χ0) is 10.1. The molecule has 1 heterocycles. The number of nitrogens with zero attached hydrogens (tertiary/aromatic N) is 1. The Hall–Kier alpha value is -1.90. The fourth-order valence-corrected chi connectivity index (χ4v) is 1.51. The van der Waals surface area contributed by atoms with Gasteiger partial charge in [0.25, 0.3) is 0 Å². The molecule has 0 aliphatic rings. The standard InChI is InChI=1S/C11H12N2O/c1-13-6-2-3-10(13)9-5-4-8(12)7-11(9)14/h2-7,14H,12H2,1H3. The number of nitrogens with two attached hydrogens (primary N) is 1. The summed E-state index contributed by atoms with van der Waals surface area (Å²) in [6, 6.07) is 9.04. The highest BCUT2D eigenvalue weighted by Gasteiger charge is 2.06. The first-order chi connectivity index (χ1) is 6.68. The fraction of sp³-hybridized carbons (Fsp3) is 0.0909. The van der Waals surface area contributed by atoms with Crippen molar-refractivity contribution >= 4 is 5.69 Å². The number of nitrogen functional groups attached to an aromatic ring is 1. The monoisotopic (exact) mass is 188 g/mol. The number of phenols is 1. The molecule has 0 aliphatic heterocycles. The Labute approximate surface area is 82.4 Å². The zero-order valence-electron chi connectivity index (χ0n) is 7.94. The predicted molar refractivity (Wildman–Crippen MR) is 56.9 cm³/mol. The molecule has 2 rings (SSSR count). The van der Waals surface area contributed by atoms with Crippen molar-refractivity contribution in [2.45, 2.75) is 0 Å². The van der Waals surface area contributed by atoms with E-state index in [-0.39, 0.29) is 5.75 Å². The second kappa shape index (κ2) is 3.10. The van der Waals surface area contributed by atoms with Crippen molar-refractivity contribution in [2.75, 3.05) is 5.73 Å². The number of aromatic hydroxyl groups is 1. The number of rotatable bonds is 1. The number of benzene rings is 1. The molecule has 0 unspecified atom stereocenters. The lowest BCUT2D eigenvalue weighted by Crippen LogP contribution is -1.91. The molecule has 0 bridgehead atoms. The van der Waals surface area contributed by atoms with Gasteiger partial charge in [-0.1, -0.05) is 0 Å². The zero-order valence-corrected chi connectivity index (χ0v) is 7.94. The highest BCUT2D eigenvalue weighted by Crippen LogP contribution is 2.30. The lowest BCUT2D eigenvalue weighted by molar-refractivity contribution is 0.477. The first-order valence-electron chi connectivity index (χ1n) is 4.38. The van der Waals surface area contributed by atoms with Crippen LogP contribution in [0.2, 0.25) is 0 Å². The van der Waals surface area contributed by atoms with E-state index in [1.165, 1.54) is 0 Å². The number of anilines is 1. The average Bonchev–Trinajstić information content (AvgIpc) is 2.52. The Morgan fingerprint density at radius 3 is 2.64 bits per heavy atom. The van der Waals surface area contributed by atoms with Crippen molar-refractivity contribution in [3.8, 4) is 17.0 Å². The number of aryl methyl sites for hydroxylation is 1. The molecule has 0 radical (unpaired) electrons. The Balaban J connectivity index is 2.58. The minimum Gasteiger partial charge on any atom is -0.507 e. The molecule has 2 aromatic rings. The Kier molecular flexibility index (Phi) is 1.93. The van der Waals surface area contributed by atoms with Gasteiger partial charge in [0.2, 0.25) is 0 Å². The Morgan fingerprint density at radius 1 is 1.29 bits per heavy atom. The Bertz CT molecular complexity index is 460. The number of aromatic nitrogens is 1. The third-order valence-corrected chi connectivity index (χ3v) is 2.24. The summed E-state index contributed by atoms with van der Waals surface area (Å²) in [4.78, 5) is 0. The minimum atomic E-state index is 0.215. The van der Waals surface area contributed by atoms with Crippen molar-refractivity contribution in [2.24, 2.45) is 7.05 Å². The second-order valence-corrected chi connectivity index (χ2v) is 3.28. The largest absolute Gasteiger partial charge is 0.507 e. The van der Waals surface area contributed by atoms with Gasteiger partial charge in [0.05, 0.1) is 5.69 Å². The number of hydrogen-bond donors (Lipinski definition) is 2. The van der Waals surface area contributed by atoms with Crippen molar-refractivity contribution in [3.05, 3.63) is 36.5 Å². The van der Waals surface area contributed by atoms with Crippen LogP contribution in [0.5, 0.6) is 5.75 Å². The molecule has 0 aliphatic carbocycles. The molecule has 0 spiro atoms. The summed E-state index contributed by atoms with van der Waals surface area (Å²) in [6.07, 6.45) is 1.94. The summed E-state index contributed by atoms with van der Waals surface area (Å²) in [7, 11) is 1.94. The van der Waals surface area contributed by atoms with Gasteiger partial charge in [-0.2, -0.15) is 0 Å². The van der Waals surface area contributed by atoms with Gasteiger partial charge in [0.15, 0.2) is 0 Å². The van der Waals surface area contributed by atoms with Gasteiger partial charge in [0, 0.05) is 30.6 Å². The summed E-state index contributed by atoms with van der Waals surface area (Å²) in [5.41, 5.74) is 7.89. The van der Waals surface area contributed by atoms with E-state index in [0.717, 1.165) is 11.3 Å². The average molecular weight is 188 g/mol.